The van der Waals surface area contributed by atoms with Crippen LogP contribution in [0.25, 0.3) is 0 Å². The molecule has 0 saturated heterocycles. The summed E-state index contributed by atoms with van der Waals surface area (Å²) in [6.07, 6.45) is 0.546. The number of halogens is 1. The van der Waals surface area contributed by atoms with Crippen molar-refractivity contribution in [3.8, 4) is 0 Å². The highest BCUT2D eigenvalue weighted by Crippen LogP contribution is 2.26. The van der Waals surface area contributed by atoms with Gasteiger partial charge in [-0.2, -0.15) is 0 Å². The van der Waals surface area contributed by atoms with Crippen molar-refractivity contribution in [3.05, 3.63) is 34.3 Å². The summed E-state index contributed by atoms with van der Waals surface area (Å²) >= 11 is 6.00. The van der Waals surface area contributed by atoms with Crippen LogP contribution < -0.4 is 5.73 Å². The van der Waals surface area contributed by atoms with E-state index in [0.29, 0.717) is 11.4 Å². The fourth-order valence-corrected chi connectivity index (χ4v) is 1.76. The molecule has 0 aromatic heterocycles. The van der Waals surface area contributed by atoms with Crippen LogP contribution in [0.1, 0.15) is 23.6 Å². The topological polar surface area (TPSA) is 46.2 Å². The van der Waals surface area contributed by atoms with Gasteiger partial charge in [0.25, 0.3) is 0 Å². The van der Waals surface area contributed by atoms with Crippen LogP contribution in [-0.4, -0.2) is 11.7 Å². The third-order valence-electron chi connectivity index (χ3n) is 2.08. The summed E-state index contributed by atoms with van der Waals surface area (Å²) in [7, 11) is 0. The molecule has 0 unspecified atom stereocenters. The Hall–Kier alpha value is -0.570. The van der Waals surface area contributed by atoms with Crippen molar-refractivity contribution in [2.45, 2.75) is 19.4 Å². The minimum Gasteiger partial charge on any atom is -0.396 e. The fourth-order valence-electron chi connectivity index (χ4n) is 1.40. The minimum absolute atomic E-state index is 0.0891. The number of aryl methyl sites for hydroxylation is 1. The first-order valence-electron chi connectivity index (χ1n) is 4.28. The molecule has 0 aliphatic carbocycles. The second-order valence-corrected chi connectivity index (χ2v) is 3.50. The molecule has 0 amide bonds. The van der Waals surface area contributed by atoms with E-state index in [1.165, 1.54) is 0 Å². The molecular formula is C10H14ClNO. The number of hydrogen-bond donors (Lipinski definition) is 2. The molecule has 0 aliphatic rings. The number of rotatable bonds is 3. The summed E-state index contributed by atoms with van der Waals surface area (Å²) in [5.41, 5.74) is 7.88. The Labute approximate surface area is 83.3 Å². The average molecular weight is 200 g/mol. The van der Waals surface area contributed by atoms with Crippen LogP contribution in [-0.2, 0) is 0 Å². The molecule has 0 fully saturated rings. The van der Waals surface area contributed by atoms with Gasteiger partial charge >= 0.3 is 0 Å². The van der Waals surface area contributed by atoms with E-state index in [1.54, 1.807) is 0 Å². The molecule has 72 valence electrons. The van der Waals surface area contributed by atoms with Gasteiger partial charge in [-0.1, -0.05) is 23.7 Å². The van der Waals surface area contributed by atoms with Crippen molar-refractivity contribution in [2.75, 3.05) is 6.61 Å². The molecule has 0 bridgehead atoms. The minimum atomic E-state index is -0.168. The van der Waals surface area contributed by atoms with Crippen LogP contribution in [0.2, 0.25) is 5.02 Å². The van der Waals surface area contributed by atoms with E-state index in [2.05, 4.69) is 0 Å². The van der Waals surface area contributed by atoms with E-state index in [4.69, 9.17) is 22.4 Å². The van der Waals surface area contributed by atoms with Crippen molar-refractivity contribution < 1.29 is 5.11 Å². The van der Waals surface area contributed by atoms with E-state index in [0.717, 1.165) is 11.1 Å². The Morgan fingerprint density at radius 2 is 2.23 bits per heavy atom. The maximum atomic E-state index is 8.76. The monoisotopic (exact) mass is 199 g/mol. The van der Waals surface area contributed by atoms with Crippen molar-refractivity contribution in [3.63, 3.8) is 0 Å². The van der Waals surface area contributed by atoms with E-state index >= 15 is 0 Å². The molecule has 3 N–H and O–H groups in total. The molecule has 0 radical (unpaired) electrons. The zero-order valence-electron chi connectivity index (χ0n) is 7.63. The van der Waals surface area contributed by atoms with E-state index in [1.807, 2.05) is 25.1 Å². The van der Waals surface area contributed by atoms with Gasteiger partial charge in [0.2, 0.25) is 0 Å². The Morgan fingerprint density at radius 1 is 1.54 bits per heavy atom. The fraction of sp³-hybridized carbons (Fsp3) is 0.400. The Balaban J connectivity index is 2.98. The summed E-state index contributed by atoms with van der Waals surface area (Å²) in [6.45, 7) is 2.06. The Bertz CT molecular complexity index is 268. The van der Waals surface area contributed by atoms with Crippen LogP contribution in [0, 0.1) is 6.92 Å². The van der Waals surface area contributed by atoms with Gasteiger partial charge in [0.05, 0.1) is 0 Å². The summed E-state index contributed by atoms with van der Waals surface area (Å²) in [6, 6.07) is 5.52. The first-order valence-corrected chi connectivity index (χ1v) is 4.66. The van der Waals surface area contributed by atoms with Gasteiger partial charge in [0.15, 0.2) is 0 Å². The molecule has 1 rings (SSSR count). The molecule has 3 heteroatoms. The summed E-state index contributed by atoms with van der Waals surface area (Å²) in [5.74, 6) is 0. The van der Waals surface area contributed by atoms with Crippen LogP contribution in [0.4, 0.5) is 0 Å². The molecule has 0 aliphatic heterocycles. The summed E-state index contributed by atoms with van der Waals surface area (Å²) in [4.78, 5) is 0. The average Bonchev–Trinajstić information content (AvgIpc) is 2.04. The van der Waals surface area contributed by atoms with Gasteiger partial charge in [-0.15, -0.1) is 0 Å². The third-order valence-corrected chi connectivity index (χ3v) is 2.41. The lowest BCUT2D eigenvalue weighted by molar-refractivity contribution is 0.276. The van der Waals surface area contributed by atoms with Gasteiger partial charge in [0.1, 0.15) is 0 Å². The standard InChI is InChI=1S/C10H14ClNO/c1-7-3-2-4-8(11)10(7)9(12)5-6-13/h2-4,9,13H,5-6,12H2,1H3/t9-/m1/s1. The zero-order chi connectivity index (χ0) is 9.84. The van der Waals surface area contributed by atoms with E-state index in [-0.39, 0.29) is 12.6 Å². The van der Waals surface area contributed by atoms with Crippen LogP contribution in [0.5, 0.6) is 0 Å². The molecule has 13 heavy (non-hydrogen) atoms. The predicted octanol–water partition coefficient (Wildman–Crippen LogP) is 2.03. The number of nitrogens with two attached hydrogens (primary N) is 1. The largest absolute Gasteiger partial charge is 0.396 e. The van der Waals surface area contributed by atoms with Crippen molar-refractivity contribution in [2.24, 2.45) is 5.73 Å². The van der Waals surface area contributed by atoms with Crippen LogP contribution >= 0.6 is 11.6 Å². The van der Waals surface area contributed by atoms with Gasteiger partial charge in [-0.05, 0) is 30.5 Å². The first-order chi connectivity index (χ1) is 6.16. The van der Waals surface area contributed by atoms with Crippen molar-refractivity contribution in [1.82, 2.24) is 0 Å². The van der Waals surface area contributed by atoms with E-state index in [9.17, 15) is 0 Å². The highest BCUT2D eigenvalue weighted by Gasteiger charge is 2.11. The van der Waals surface area contributed by atoms with Gasteiger partial charge in [-0.25, -0.2) is 0 Å². The highest BCUT2D eigenvalue weighted by molar-refractivity contribution is 6.31. The maximum Gasteiger partial charge on any atom is 0.0456 e. The molecule has 0 spiro atoms. The number of hydrogen-bond acceptors (Lipinski definition) is 2. The number of aliphatic hydroxyl groups excluding tert-OH is 1. The zero-order valence-corrected chi connectivity index (χ0v) is 8.38. The first kappa shape index (κ1) is 10.5. The SMILES string of the molecule is Cc1cccc(Cl)c1[C@H](N)CCO. The van der Waals surface area contributed by atoms with Gasteiger partial charge in [0, 0.05) is 17.7 Å². The molecule has 1 aromatic rings. The summed E-state index contributed by atoms with van der Waals surface area (Å²) in [5, 5.41) is 9.44. The van der Waals surface area contributed by atoms with Crippen LogP contribution in [0.3, 0.4) is 0 Å². The number of benzene rings is 1. The smallest absolute Gasteiger partial charge is 0.0456 e. The van der Waals surface area contributed by atoms with Gasteiger partial charge < -0.3 is 10.8 Å². The molecule has 0 saturated carbocycles. The van der Waals surface area contributed by atoms with Crippen molar-refractivity contribution in [1.29, 1.82) is 0 Å². The Kier molecular flexibility index (Phi) is 3.72. The predicted molar refractivity (Wildman–Crippen MR) is 54.8 cm³/mol. The maximum absolute atomic E-state index is 8.76. The normalized spacial score (nSPS) is 12.9. The second kappa shape index (κ2) is 4.61. The van der Waals surface area contributed by atoms with E-state index < -0.39 is 0 Å². The Morgan fingerprint density at radius 3 is 2.77 bits per heavy atom. The molecule has 1 aromatic carbocycles. The lowest BCUT2D eigenvalue weighted by atomic mass is 10.00. The number of aliphatic hydroxyl groups is 1. The molecule has 0 heterocycles. The lowest BCUT2D eigenvalue weighted by Gasteiger charge is -2.14. The third kappa shape index (κ3) is 2.44. The molecule has 1 atom stereocenters. The van der Waals surface area contributed by atoms with Crippen molar-refractivity contribution >= 4 is 11.6 Å². The highest BCUT2D eigenvalue weighted by atomic mass is 35.5. The van der Waals surface area contributed by atoms with Crippen LogP contribution in [0.15, 0.2) is 18.2 Å². The quantitative estimate of drug-likeness (QED) is 0.783. The second-order valence-electron chi connectivity index (χ2n) is 3.09. The molecule has 2 nitrogen and oxygen atoms in total. The lowest BCUT2D eigenvalue weighted by Crippen LogP contribution is -2.13. The molecular weight excluding hydrogens is 186 g/mol. The van der Waals surface area contributed by atoms with Gasteiger partial charge in [-0.3, -0.25) is 0 Å². The summed E-state index contributed by atoms with van der Waals surface area (Å²) < 4.78 is 0.